The number of methoxy groups -OCH3 is 1. The molecule has 2 fully saturated rings. The van der Waals surface area contributed by atoms with E-state index in [0.717, 1.165) is 25.9 Å². The fourth-order valence-electron chi connectivity index (χ4n) is 3.55. The van der Waals surface area contributed by atoms with E-state index in [1.54, 1.807) is 24.3 Å². The van der Waals surface area contributed by atoms with Gasteiger partial charge in [0.2, 0.25) is 0 Å². The van der Waals surface area contributed by atoms with E-state index >= 15 is 0 Å². The first-order valence-electron chi connectivity index (χ1n) is 7.33. The summed E-state index contributed by atoms with van der Waals surface area (Å²) in [5.41, 5.74) is 7.04. The van der Waals surface area contributed by atoms with Crippen molar-refractivity contribution in [3.05, 3.63) is 35.4 Å². The lowest BCUT2D eigenvalue weighted by Gasteiger charge is -2.19. The molecule has 1 aliphatic heterocycles. The van der Waals surface area contributed by atoms with Crippen molar-refractivity contribution in [3.8, 4) is 0 Å². The van der Waals surface area contributed by atoms with Crippen LogP contribution in [0.15, 0.2) is 24.3 Å². The van der Waals surface area contributed by atoms with Crippen molar-refractivity contribution in [2.24, 2.45) is 17.6 Å². The van der Waals surface area contributed by atoms with Gasteiger partial charge < -0.3 is 15.4 Å². The van der Waals surface area contributed by atoms with E-state index in [1.807, 2.05) is 4.90 Å². The molecule has 3 unspecified atom stereocenters. The van der Waals surface area contributed by atoms with Crippen LogP contribution in [0.4, 0.5) is 0 Å². The Bertz CT molecular complexity index is 578. The molecule has 3 rings (SSSR count). The van der Waals surface area contributed by atoms with Gasteiger partial charge in [-0.05, 0) is 42.9 Å². The smallest absolute Gasteiger partial charge is 0.337 e. The van der Waals surface area contributed by atoms with E-state index in [1.165, 1.54) is 7.11 Å². The fourth-order valence-corrected chi connectivity index (χ4v) is 3.55. The first-order valence-corrected chi connectivity index (χ1v) is 7.33. The summed E-state index contributed by atoms with van der Waals surface area (Å²) in [7, 11) is 1.33. The number of nitrogens with zero attached hydrogens (tertiary/aromatic N) is 1. The van der Waals surface area contributed by atoms with Crippen molar-refractivity contribution >= 4 is 24.3 Å². The van der Waals surface area contributed by atoms with Crippen LogP contribution in [0.5, 0.6) is 0 Å². The van der Waals surface area contributed by atoms with E-state index in [0.29, 0.717) is 23.0 Å². The molecule has 3 atom stereocenters. The van der Waals surface area contributed by atoms with Gasteiger partial charge in [0, 0.05) is 24.7 Å². The Morgan fingerprint density at radius 3 is 2.64 bits per heavy atom. The van der Waals surface area contributed by atoms with Crippen LogP contribution in [0.2, 0.25) is 0 Å². The number of carbonyl (C=O) groups excluding carboxylic acids is 2. The van der Waals surface area contributed by atoms with Crippen molar-refractivity contribution < 1.29 is 14.3 Å². The minimum absolute atomic E-state index is 0. The molecule has 22 heavy (non-hydrogen) atoms. The van der Waals surface area contributed by atoms with Gasteiger partial charge in [-0.1, -0.05) is 6.07 Å². The van der Waals surface area contributed by atoms with Gasteiger partial charge in [-0.3, -0.25) is 4.79 Å². The number of benzene rings is 1. The number of likely N-dealkylation sites (tertiary alicyclic amines) is 1. The number of ether oxygens (including phenoxy) is 1. The van der Waals surface area contributed by atoms with Gasteiger partial charge in [0.15, 0.2) is 0 Å². The number of fused-ring (bicyclic) bond motifs is 1. The molecule has 0 bridgehead atoms. The molecule has 120 valence electrons. The highest BCUT2D eigenvalue weighted by atomic mass is 35.5. The Hall–Kier alpha value is -1.59. The van der Waals surface area contributed by atoms with Gasteiger partial charge in [-0.15, -0.1) is 12.4 Å². The average Bonchev–Trinajstić information content (AvgIpc) is 3.08. The quantitative estimate of drug-likeness (QED) is 0.840. The number of halogens is 1. The van der Waals surface area contributed by atoms with Crippen LogP contribution >= 0.6 is 12.4 Å². The van der Waals surface area contributed by atoms with E-state index in [-0.39, 0.29) is 24.4 Å². The van der Waals surface area contributed by atoms with Gasteiger partial charge in [0.25, 0.3) is 5.91 Å². The lowest BCUT2D eigenvalue weighted by atomic mass is 9.98. The minimum Gasteiger partial charge on any atom is -0.465 e. The molecule has 1 heterocycles. The number of carbonyl (C=O) groups is 2. The Balaban J connectivity index is 0.00000176. The number of hydrogen-bond donors (Lipinski definition) is 1. The maximum Gasteiger partial charge on any atom is 0.337 e. The molecular weight excluding hydrogens is 304 g/mol. The Labute approximate surface area is 136 Å². The lowest BCUT2D eigenvalue weighted by molar-refractivity contribution is 0.0600. The van der Waals surface area contributed by atoms with Crippen molar-refractivity contribution in [1.29, 1.82) is 0 Å². The predicted molar refractivity (Wildman–Crippen MR) is 85.1 cm³/mol. The number of rotatable bonds is 2. The molecule has 2 N–H and O–H groups in total. The Kier molecular flexibility index (Phi) is 5.08. The first kappa shape index (κ1) is 16.8. The summed E-state index contributed by atoms with van der Waals surface area (Å²) >= 11 is 0. The van der Waals surface area contributed by atoms with Crippen LogP contribution in [0.25, 0.3) is 0 Å². The summed E-state index contributed by atoms with van der Waals surface area (Å²) in [6, 6.07) is 6.92. The summed E-state index contributed by atoms with van der Waals surface area (Å²) in [5, 5.41) is 0. The maximum absolute atomic E-state index is 12.6. The molecule has 1 aliphatic carbocycles. The Morgan fingerprint density at radius 2 is 1.95 bits per heavy atom. The van der Waals surface area contributed by atoms with Crippen molar-refractivity contribution in [1.82, 2.24) is 4.90 Å². The van der Waals surface area contributed by atoms with Crippen LogP contribution in [0.3, 0.4) is 0 Å². The monoisotopic (exact) mass is 324 g/mol. The fraction of sp³-hybridized carbons (Fsp3) is 0.500. The topological polar surface area (TPSA) is 72.6 Å². The minimum atomic E-state index is -0.426. The molecule has 1 aromatic carbocycles. The third-order valence-electron chi connectivity index (χ3n) is 4.73. The summed E-state index contributed by atoms with van der Waals surface area (Å²) in [6.07, 6.45) is 2.17. The molecule has 1 saturated heterocycles. The van der Waals surface area contributed by atoms with Crippen molar-refractivity contribution in [3.63, 3.8) is 0 Å². The summed E-state index contributed by atoms with van der Waals surface area (Å²) < 4.78 is 4.69. The highest BCUT2D eigenvalue weighted by molar-refractivity contribution is 5.98. The van der Waals surface area contributed by atoms with E-state index in [9.17, 15) is 9.59 Å². The molecule has 1 amide bonds. The molecule has 5 nitrogen and oxygen atoms in total. The van der Waals surface area contributed by atoms with E-state index in [2.05, 4.69) is 0 Å². The number of hydrogen-bond acceptors (Lipinski definition) is 4. The molecule has 6 heteroatoms. The zero-order chi connectivity index (χ0) is 15.0. The van der Waals surface area contributed by atoms with Gasteiger partial charge in [0.05, 0.1) is 12.7 Å². The highest BCUT2D eigenvalue weighted by Gasteiger charge is 2.42. The normalized spacial score (nSPS) is 26.3. The zero-order valence-electron chi connectivity index (χ0n) is 12.5. The van der Waals surface area contributed by atoms with Gasteiger partial charge in [-0.2, -0.15) is 0 Å². The number of nitrogens with two attached hydrogens (primary N) is 1. The lowest BCUT2D eigenvalue weighted by Crippen LogP contribution is -2.33. The van der Waals surface area contributed by atoms with E-state index in [4.69, 9.17) is 10.5 Å². The van der Waals surface area contributed by atoms with Crippen LogP contribution in [-0.2, 0) is 4.74 Å². The predicted octanol–water partition coefficient (Wildman–Crippen LogP) is 1.70. The third kappa shape index (κ3) is 2.96. The van der Waals surface area contributed by atoms with Crippen molar-refractivity contribution in [2.75, 3.05) is 20.2 Å². The molecule has 1 saturated carbocycles. The highest BCUT2D eigenvalue weighted by Crippen LogP contribution is 2.37. The molecular formula is C16H21ClN2O3. The summed E-state index contributed by atoms with van der Waals surface area (Å²) in [6.45, 7) is 1.51. The second-order valence-electron chi connectivity index (χ2n) is 5.95. The SMILES string of the molecule is COC(=O)c1cccc(C(=O)N2CC3CCC(N)C3C2)c1.Cl. The molecule has 1 aromatic rings. The number of amides is 1. The van der Waals surface area contributed by atoms with Crippen LogP contribution in [-0.4, -0.2) is 43.0 Å². The van der Waals surface area contributed by atoms with Crippen LogP contribution in [0, 0.1) is 11.8 Å². The zero-order valence-corrected chi connectivity index (χ0v) is 13.3. The largest absolute Gasteiger partial charge is 0.465 e. The van der Waals surface area contributed by atoms with Crippen LogP contribution < -0.4 is 5.73 Å². The average molecular weight is 325 g/mol. The molecule has 2 aliphatic rings. The first-order chi connectivity index (χ1) is 10.1. The van der Waals surface area contributed by atoms with Crippen molar-refractivity contribution in [2.45, 2.75) is 18.9 Å². The number of esters is 1. The Morgan fingerprint density at radius 1 is 1.23 bits per heavy atom. The standard InChI is InChI=1S/C16H20N2O3.ClH/c1-21-16(20)11-4-2-3-10(7-11)15(19)18-8-12-5-6-14(17)13(12)9-18;/h2-4,7,12-14H,5-6,8-9,17H2,1H3;1H. The van der Waals surface area contributed by atoms with E-state index < -0.39 is 5.97 Å². The van der Waals surface area contributed by atoms with Crippen LogP contribution in [0.1, 0.15) is 33.6 Å². The summed E-state index contributed by atoms with van der Waals surface area (Å²) in [5.74, 6) is 0.512. The second-order valence-corrected chi connectivity index (χ2v) is 5.95. The summed E-state index contributed by atoms with van der Waals surface area (Å²) in [4.78, 5) is 26.0. The maximum atomic E-state index is 12.6. The molecule has 0 aromatic heterocycles. The molecule has 0 spiro atoms. The third-order valence-corrected chi connectivity index (χ3v) is 4.73. The van der Waals surface area contributed by atoms with Gasteiger partial charge in [0.1, 0.15) is 0 Å². The van der Waals surface area contributed by atoms with Gasteiger partial charge >= 0.3 is 5.97 Å². The molecule has 0 radical (unpaired) electrons. The van der Waals surface area contributed by atoms with Gasteiger partial charge in [-0.25, -0.2) is 4.79 Å². The second kappa shape index (κ2) is 6.67.